The molecular formula is C25H23N5O2S2. The second-order valence-electron chi connectivity index (χ2n) is 8.58. The minimum atomic E-state index is 0.00596. The lowest BCUT2D eigenvalue weighted by atomic mass is 10.0. The third kappa shape index (κ3) is 3.89. The van der Waals surface area contributed by atoms with Crippen molar-refractivity contribution < 1.29 is 9.59 Å². The molecule has 2 aliphatic rings. The first-order valence-corrected chi connectivity index (χ1v) is 13.1. The van der Waals surface area contributed by atoms with Gasteiger partial charge in [-0.15, -0.1) is 22.7 Å². The molecule has 0 radical (unpaired) electrons. The lowest BCUT2D eigenvalue weighted by Gasteiger charge is -2.37. The fourth-order valence-corrected chi connectivity index (χ4v) is 6.27. The van der Waals surface area contributed by atoms with E-state index in [0.29, 0.717) is 31.1 Å². The summed E-state index contributed by atoms with van der Waals surface area (Å²) < 4.78 is 0. The average Bonchev–Trinajstić information content (AvgIpc) is 3.64. The highest BCUT2D eigenvalue weighted by molar-refractivity contribution is 7.16. The first kappa shape index (κ1) is 21.4. The van der Waals surface area contributed by atoms with Crippen LogP contribution in [-0.4, -0.2) is 70.3 Å². The van der Waals surface area contributed by atoms with E-state index in [-0.39, 0.29) is 17.9 Å². The van der Waals surface area contributed by atoms with E-state index >= 15 is 0 Å². The first-order chi connectivity index (χ1) is 16.7. The van der Waals surface area contributed by atoms with E-state index < -0.39 is 0 Å². The number of carbonyl (C=O) groups excluding carboxylic acids is 2. The standard InChI is InChI=1S/C25H23N5O2S2/c31-22-15-19(28-8-10-29(11-9-28)25(32)24-27-7-13-34-24)16-30(22)18-3-1-2-17(14-18)20-4-6-26-23-21(20)5-12-33-23/h1-7,12-14,19H,8-11,15-16H2. The van der Waals surface area contributed by atoms with Crippen LogP contribution >= 0.6 is 22.7 Å². The molecule has 2 fully saturated rings. The van der Waals surface area contributed by atoms with Crippen molar-refractivity contribution in [3.05, 3.63) is 64.6 Å². The van der Waals surface area contributed by atoms with Crippen LogP contribution in [-0.2, 0) is 4.79 Å². The van der Waals surface area contributed by atoms with Crippen molar-refractivity contribution in [2.75, 3.05) is 37.6 Å². The van der Waals surface area contributed by atoms with Crippen LogP contribution in [0, 0.1) is 0 Å². The molecule has 0 aliphatic carbocycles. The highest BCUT2D eigenvalue weighted by atomic mass is 32.1. The van der Waals surface area contributed by atoms with Crippen LogP contribution in [0.25, 0.3) is 21.3 Å². The summed E-state index contributed by atoms with van der Waals surface area (Å²) in [4.78, 5) is 41.3. The fourth-order valence-electron chi connectivity index (χ4n) is 4.91. The molecule has 2 saturated heterocycles. The number of hydrogen-bond acceptors (Lipinski definition) is 7. The van der Waals surface area contributed by atoms with Crippen molar-refractivity contribution in [1.82, 2.24) is 19.8 Å². The zero-order valence-electron chi connectivity index (χ0n) is 18.5. The quantitative estimate of drug-likeness (QED) is 0.434. The fraction of sp³-hybridized carbons (Fsp3) is 0.280. The molecule has 0 saturated carbocycles. The number of thiophene rings is 1. The Balaban J connectivity index is 1.15. The summed E-state index contributed by atoms with van der Waals surface area (Å²) in [6, 6.07) is 12.5. The van der Waals surface area contributed by atoms with Crippen LogP contribution < -0.4 is 4.90 Å². The maximum Gasteiger partial charge on any atom is 0.282 e. The number of fused-ring (bicyclic) bond motifs is 1. The van der Waals surface area contributed by atoms with Crippen molar-refractivity contribution in [2.24, 2.45) is 0 Å². The molecule has 34 heavy (non-hydrogen) atoms. The van der Waals surface area contributed by atoms with Crippen molar-refractivity contribution in [3.8, 4) is 11.1 Å². The van der Waals surface area contributed by atoms with Crippen molar-refractivity contribution in [1.29, 1.82) is 0 Å². The van der Waals surface area contributed by atoms with Crippen molar-refractivity contribution in [2.45, 2.75) is 12.5 Å². The van der Waals surface area contributed by atoms with Gasteiger partial charge in [0.25, 0.3) is 5.91 Å². The predicted octanol–water partition coefficient (Wildman–Crippen LogP) is 3.98. The topological polar surface area (TPSA) is 69.6 Å². The summed E-state index contributed by atoms with van der Waals surface area (Å²) in [5.74, 6) is 0.158. The van der Waals surface area contributed by atoms with E-state index in [4.69, 9.17) is 0 Å². The number of benzene rings is 1. The third-order valence-electron chi connectivity index (χ3n) is 6.67. The van der Waals surface area contributed by atoms with E-state index in [1.54, 1.807) is 17.5 Å². The Bertz CT molecular complexity index is 1340. The first-order valence-electron chi connectivity index (χ1n) is 11.3. The van der Waals surface area contributed by atoms with Gasteiger partial charge in [0.2, 0.25) is 5.91 Å². The second kappa shape index (κ2) is 8.90. The lowest BCUT2D eigenvalue weighted by Crippen LogP contribution is -2.52. The number of pyridine rings is 1. The minimum Gasteiger partial charge on any atom is -0.334 e. The third-order valence-corrected chi connectivity index (χ3v) is 8.26. The molecule has 0 bridgehead atoms. The second-order valence-corrected chi connectivity index (χ2v) is 10.4. The summed E-state index contributed by atoms with van der Waals surface area (Å²) in [5, 5.41) is 5.57. The molecule has 1 unspecified atom stereocenters. The molecule has 0 N–H and O–H groups in total. The molecule has 9 heteroatoms. The van der Waals surface area contributed by atoms with Crippen LogP contribution in [0.5, 0.6) is 0 Å². The Morgan fingerprint density at radius 3 is 2.68 bits per heavy atom. The molecule has 2 aliphatic heterocycles. The monoisotopic (exact) mass is 489 g/mol. The maximum atomic E-state index is 13.0. The predicted molar refractivity (Wildman–Crippen MR) is 135 cm³/mol. The van der Waals surface area contributed by atoms with Gasteiger partial charge >= 0.3 is 0 Å². The number of anilines is 1. The Labute approximate surface area is 205 Å². The van der Waals surface area contributed by atoms with Gasteiger partial charge in [-0.05, 0) is 40.8 Å². The smallest absolute Gasteiger partial charge is 0.282 e. The van der Waals surface area contributed by atoms with Gasteiger partial charge in [-0.1, -0.05) is 12.1 Å². The van der Waals surface area contributed by atoms with Crippen LogP contribution in [0.4, 0.5) is 5.69 Å². The molecule has 2 amide bonds. The molecule has 172 valence electrons. The molecule has 3 aromatic heterocycles. The lowest BCUT2D eigenvalue weighted by molar-refractivity contribution is -0.117. The number of thiazole rings is 1. The van der Waals surface area contributed by atoms with Crippen molar-refractivity contribution in [3.63, 3.8) is 0 Å². The number of carbonyl (C=O) groups is 2. The number of rotatable bonds is 4. The van der Waals surface area contributed by atoms with Gasteiger partial charge in [-0.25, -0.2) is 9.97 Å². The van der Waals surface area contributed by atoms with Gasteiger partial charge in [-0.2, -0.15) is 0 Å². The zero-order valence-corrected chi connectivity index (χ0v) is 20.1. The van der Waals surface area contributed by atoms with E-state index in [2.05, 4.69) is 38.4 Å². The van der Waals surface area contributed by atoms with E-state index in [1.807, 2.05) is 39.6 Å². The normalized spacial score (nSPS) is 19.3. The Morgan fingerprint density at radius 2 is 1.85 bits per heavy atom. The van der Waals surface area contributed by atoms with Gasteiger partial charge in [0.05, 0.1) is 0 Å². The number of amides is 2. The number of hydrogen-bond donors (Lipinski definition) is 0. The van der Waals surface area contributed by atoms with Gasteiger partial charge in [-0.3, -0.25) is 14.5 Å². The highest BCUT2D eigenvalue weighted by Crippen LogP contribution is 2.33. The van der Waals surface area contributed by atoms with E-state index in [0.717, 1.165) is 40.1 Å². The van der Waals surface area contributed by atoms with Crippen molar-refractivity contribution >= 4 is 50.4 Å². The van der Waals surface area contributed by atoms with E-state index in [1.165, 1.54) is 11.3 Å². The Kier molecular flexibility index (Phi) is 5.60. The SMILES string of the molecule is O=C(c1nccs1)N1CCN(C2CC(=O)N(c3cccc(-c4ccnc5sccc45)c3)C2)CC1. The molecule has 1 aromatic carbocycles. The van der Waals surface area contributed by atoms with Crippen LogP contribution in [0.1, 0.15) is 16.2 Å². The molecule has 4 aromatic rings. The van der Waals surface area contributed by atoms with Crippen LogP contribution in [0.15, 0.2) is 59.6 Å². The summed E-state index contributed by atoms with van der Waals surface area (Å²) in [6.45, 7) is 3.55. The Morgan fingerprint density at radius 1 is 0.971 bits per heavy atom. The Hall–Kier alpha value is -3.14. The minimum absolute atomic E-state index is 0.00596. The molecule has 5 heterocycles. The summed E-state index contributed by atoms with van der Waals surface area (Å²) in [5.41, 5.74) is 3.16. The largest absolute Gasteiger partial charge is 0.334 e. The molecule has 6 rings (SSSR count). The maximum absolute atomic E-state index is 13.0. The molecule has 7 nitrogen and oxygen atoms in total. The number of nitrogens with zero attached hydrogens (tertiary/aromatic N) is 5. The van der Waals surface area contributed by atoms with Gasteiger partial charge in [0.1, 0.15) is 4.83 Å². The summed E-state index contributed by atoms with van der Waals surface area (Å²) in [7, 11) is 0. The van der Waals surface area contributed by atoms with Gasteiger partial charge in [0, 0.05) is 74.0 Å². The van der Waals surface area contributed by atoms with Gasteiger partial charge < -0.3 is 9.80 Å². The average molecular weight is 490 g/mol. The highest BCUT2D eigenvalue weighted by Gasteiger charge is 2.36. The summed E-state index contributed by atoms with van der Waals surface area (Å²) in [6.07, 6.45) is 4.02. The number of piperazine rings is 1. The van der Waals surface area contributed by atoms with E-state index in [9.17, 15) is 9.59 Å². The molecule has 1 atom stereocenters. The summed E-state index contributed by atoms with van der Waals surface area (Å²) >= 11 is 3.01. The molecular weight excluding hydrogens is 466 g/mol. The number of aromatic nitrogens is 2. The van der Waals surface area contributed by atoms with Crippen LogP contribution in [0.3, 0.4) is 0 Å². The molecule has 0 spiro atoms. The van der Waals surface area contributed by atoms with Crippen LogP contribution in [0.2, 0.25) is 0 Å². The van der Waals surface area contributed by atoms with Gasteiger partial charge in [0.15, 0.2) is 5.01 Å². The zero-order chi connectivity index (χ0) is 23.1.